The lowest BCUT2D eigenvalue weighted by molar-refractivity contribution is -0.127. The van der Waals surface area contributed by atoms with Gasteiger partial charge in [-0.3, -0.25) is 57.4 Å². The number of aryl methyl sites for hydroxylation is 3. The van der Waals surface area contributed by atoms with E-state index in [1.807, 2.05) is 57.4 Å². The fourth-order valence-corrected chi connectivity index (χ4v) is 19.0. The number of carbonyl (C=O) groups excluding carboxylic acids is 3. The number of nitriles is 3. The maximum Gasteiger partial charge on any atom is 0.276 e. The molecule has 3 fully saturated rings. The second kappa shape index (κ2) is 40.5. The predicted molar refractivity (Wildman–Crippen MR) is 519 cm³/mol. The average molecular weight is 2050 g/mol. The van der Waals surface area contributed by atoms with Crippen LogP contribution < -0.4 is 31.4 Å². The van der Waals surface area contributed by atoms with E-state index in [9.17, 15) is 73.0 Å². The fraction of sp³-hybridized carbons (Fsp3) is 0.258. The van der Waals surface area contributed by atoms with Crippen LogP contribution in [0.1, 0.15) is 110 Å². The Kier molecular flexibility index (Phi) is 30.1. The third-order valence-corrected chi connectivity index (χ3v) is 26.9. The Bertz CT molecular complexity index is 6650. The number of hydrogen-bond donors (Lipinski definition) is 3. The molecule has 3 aromatic carbocycles. The zero-order valence-corrected chi connectivity index (χ0v) is 81.1. The summed E-state index contributed by atoms with van der Waals surface area (Å²) in [6.07, 6.45) is 8.52. The highest BCUT2D eigenvalue weighted by Crippen LogP contribution is 2.53. The number of hydrogen-bond acceptors (Lipinski definition) is 21. The van der Waals surface area contributed by atoms with E-state index in [0.717, 1.165) is 0 Å². The van der Waals surface area contributed by atoms with Crippen molar-refractivity contribution < 1.29 is 47.3 Å². The Morgan fingerprint density at radius 2 is 0.630 bits per heavy atom. The van der Waals surface area contributed by atoms with Crippen LogP contribution in [0.3, 0.4) is 0 Å². The van der Waals surface area contributed by atoms with Crippen LogP contribution in [0, 0.1) is 78.0 Å². The van der Waals surface area contributed by atoms with Crippen LogP contribution in [0.25, 0.3) is 83.9 Å². The Hall–Kier alpha value is -12.0. The van der Waals surface area contributed by atoms with Crippen molar-refractivity contribution in [2.24, 2.45) is 0 Å². The molecule has 0 aliphatic carbocycles. The Labute approximate surface area is 823 Å². The van der Waals surface area contributed by atoms with E-state index in [-0.39, 0.29) is 161 Å². The largest absolute Gasteiger partial charge is 0.506 e. The number of piperazine rings is 3. The molecule has 135 heavy (non-hydrogen) atoms. The number of nitrogens with zero attached hydrogens (tertiary/aromatic N) is 18. The molecule has 696 valence electrons. The zero-order chi connectivity index (χ0) is 98.7. The molecule has 9 aromatic heterocycles. The molecule has 0 saturated carbocycles. The summed E-state index contributed by atoms with van der Waals surface area (Å²) >= 11 is 69.3. The van der Waals surface area contributed by atoms with E-state index in [1.54, 1.807) is 77.2 Å². The molecule has 3 saturated heterocycles. The molecule has 0 spiro atoms. The monoisotopic (exact) mass is 2050 g/mol. The second-order valence-electron chi connectivity index (χ2n) is 32.0. The molecule has 27 nitrogen and oxygen atoms in total. The highest BCUT2D eigenvalue weighted by atomic mass is 35.5. The summed E-state index contributed by atoms with van der Waals surface area (Å²) in [6.45, 7) is 30.9. The first-order chi connectivity index (χ1) is 64.0. The van der Waals surface area contributed by atoms with Crippen LogP contribution in [0.4, 0.5) is 34.6 Å². The van der Waals surface area contributed by atoms with E-state index in [4.69, 9.17) is 138 Å². The van der Waals surface area contributed by atoms with Gasteiger partial charge in [0.15, 0.2) is 29.0 Å². The number of fused-ring (bicyclic) bond motifs is 3. The molecule has 42 heteroatoms. The predicted octanol–water partition coefficient (Wildman–Crippen LogP) is 20.6. The quantitative estimate of drug-likeness (QED) is 0.0371. The topological polar surface area (TPSA) is 346 Å². The lowest BCUT2D eigenvalue weighted by Gasteiger charge is -2.36. The Morgan fingerprint density at radius 3 is 0.881 bits per heavy atom. The Morgan fingerprint density at radius 1 is 0.378 bits per heavy atom. The zero-order valence-electron chi connectivity index (χ0n) is 72.8. The highest BCUT2D eigenvalue weighted by molar-refractivity contribution is 6.48. The van der Waals surface area contributed by atoms with E-state index in [0.29, 0.717) is 114 Å². The molecule has 3 amide bonds. The molecule has 12 aromatic rings. The number of phenolic OH excluding ortho intramolecular Hbond substituents is 3. The van der Waals surface area contributed by atoms with Crippen molar-refractivity contribution in [3.05, 3.63) is 253 Å². The number of rotatable bonds is 15. The van der Waals surface area contributed by atoms with Crippen molar-refractivity contribution in [1.82, 2.24) is 58.3 Å². The van der Waals surface area contributed by atoms with Gasteiger partial charge in [-0.15, -0.1) is 0 Å². The SMILES string of the molecule is C=CC(=O)N1CCN(c2c(C#N)c(=O)n(-c3c(C)ccnc3C(C)C)c3nc(-c4c(F)c(O)c(Cl)c(F)c4Cl)c(Cl)cc23)CC1.C=CC(=O)N1CCN(c2c(C#N)c(=O)n(-c3c(C)ccnc3C(C)C)c3nc(-c4c(O)c(Cl)c(F)c(Cl)c4Cl)c(Cl)cc23)CC1.C=CC(=O)N1CCN(c2c(C#N)c(=O)n(-c3c(C)ccnc3C(C)C)c3nc(-c4c(O)c(Cl)c(F)c(Cl)c4Cl)c(Cl)cc23)CC1. The summed E-state index contributed by atoms with van der Waals surface area (Å²) in [6, 6.07) is 15.7. The molecular formula is C93H75Cl11F4N18O9. The molecule has 12 heterocycles. The van der Waals surface area contributed by atoms with Crippen LogP contribution in [-0.2, 0) is 14.4 Å². The molecule has 0 unspecified atom stereocenters. The van der Waals surface area contributed by atoms with Gasteiger partial charge in [0.25, 0.3) is 16.7 Å². The number of aromatic hydroxyl groups is 3. The van der Waals surface area contributed by atoms with Crippen LogP contribution in [0.2, 0.25) is 55.2 Å². The van der Waals surface area contributed by atoms with E-state index < -0.39 is 103 Å². The maximum atomic E-state index is 15.5. The van der Waals surface area contributed by atoms with Gasteiger partial charge < -0.3 is 44.7 Å². The van der Waals surface area contributed by atoms with E-state index in [2.05, 4.69) is 51.8 Å². The van der Waals surface area contributed by atoms with Gasteiger partial charge >= 0.3 is 0 Å². The lowest BCUT2D eigenvalue weighted by Crippen LogP contribution is -2.49. The number of anilines is 3. The summed E-state index contributed by atoms with van der Waals surface area (Å²) in [5, 5.41) is 58.7. The van der Waals surface area contributed by atoms with Gasteiger partial charge in [0.2, 0.25) is 17.7 Å². The highest BCUT2D eigenvalue weighted by Gasteiger charge is 2.38. The standard InChI is InChI=1S/2C31H25Cl4FN6O3.C31H25Cl3F2N6O3/c2*1-5-19(43)40-8-10-41(11-9-40)28-16-12-18(32)26(20-21(33)22(34)24(36)23(35)29(20)44)39-30(16)42(31(45)17(28)13-37)27-15(4)6-7-38-25(27)14(2)3;1-5-19(43)40-8-10-41(11-9-40)28-16-12-18(32)26(20-21(33)24(36)22(34)29(44)23(20)35)39-30(16)42(31(45)17(28)13-37)27-15(4)6-7-38-25(27)14(2)3/h3*5-7,12,14,44H,1,8-11H2,2-4H3. The minimum Gasteiger partial charge on any atom is -0.506 e. The summed E-state index contributed by atoms with van der Waals surface area (Å²) in [7, 11) is 0. The van der Waals surface area contributed by atoms with Crippen LogP contribution >= 0.6 is 128 Å². The summed E-state index contributed by atoms with van der Waals surface area (Å²) < 4.78 is 63.3. The van der Waals surface area contributed by atoms with Crippen LogP contribution in [0.5, 0.6) is 17.2 Å². The van der Waals surface area contributed by atoms with Gasteiger partial charge in [-0.05, 0) is 110 Å². The third kappa shape index (κ3) is 18.0. The first-order valence-corrected chi connectivity index (χ1v) is 45.3. The number of benzene rings is 3. The Balaban J connectivity index is 0.000000171. The number of phenols is 3. The average Bonchev–Trinajstić information content (AvgIpc) is 0.728. The number of pyridine rings is 9. The van der Waals surface area contributed by atoms with Gasteiger partial charge in [-0.25, -0.2) is 32.5 Å². The first kappa shape index (κ1) is 100. The van der Waals surface area contributed by atoms with E-state index in [1.165, 1.54) is 50.1 Å². The lowest BCUT2D eigenvalue weighted by atomic mass is 10.0. The van der Waals surface area contributed by atoms with Gasteiger partial charge in [-0.2, -0.15) is 15.8 Å². The molecule has 3 N–H and O–H groups in total. The maximum absolute atomic E-state index is 15.5. The van der Waals surface area contributed by atoms with Gasteiger partial charge in [0.05, 0.1) is 125 Å². The fourth-order valence-electron chi connectivity index (χ4n) is 16.4. The van der Waals surface area contributed by atoms with Crippen LogP contribution in [0.15, 0.2) is 107 Å². The molecule has 3 aliphatic heterocycles. The molecule has 15 rings (SSSR count). The third-order valence-electron chi connectivity index (χ3n) is 23.0. The van der Waals surface area contributed by atoms with Crippen molar-refractivity contribution in [2.45, 2.75) is 80.1 Å². The number of amides is 3. The molecule has 0 radical (unpaired) electrons. The molecular weight excluding hydrogens is 1980 g/mol. The molecule has 3 aliphatic rings. The number of carbonyl (C=O) groups is 3. The van der Waals surface area contributed by atoms with Crippen molar-refractivity contribution in [3.63, 3.8) is 0 Å². The van der Waals surface area contributed by atoms with Crippen molar-refractivity contribution in [2.75, 3.05) is 93.2 Å². The minimum atomic E-state index is -1.37. The number of halogens is 15. The summed E-state index contributed by atoms with van der Waals surface area (Å²) in [5.74, 6) is -8.76. The summed E-state index contributed by atoms with van der Waals surface area (Å²) in [4.78, 5) is 118. The van der Waals surface area contributed by atoms with Gasteiger partial charge in [-0.1, -0.05) is 189 Å². The smallest absolute Gasteiger partial charge is 0.276 e. The van der Waals surface area contributed by atoms with E-state index >= 15 is 4.39 Å². The minimum absolute atomic E-state index is 0.0543. The van der Waals surface area contributed by atoms with Crippen molar-refractivity contribution in [1.29, 1.82) is 15.8 Å². The van der Waals surface area contributed by atoms with Crippen LogP contribution in [-0.4, -0.2) is 170 Å². The molecule has 0 atom stereocenters. The van der Waals surface area contributed by atoms with Gasteiger partial charge in [0, 0.05) is 113 Å². The molecule has 0 bridgehead atoms. The number of aromatic nitrogens is 9. The normalized spacial score (nSPS) is 13.4. The first-order valence-electron chi connectivity index (χ1n) is 41.1. The second-order valence-corrected chi connectivity index (χ2v) is 36.3. The van der Waals surface area contributed by atoms with Gasteiger partial charge in [0.1, 0.15) is 78.4 Å². The van der Waals surface area contributed by atoms with Crippen molar-refractivity contribution >= 4 is 195 Å². The summed E-state index contributed by atoms with van der Waals surface area (Å²) in [5.41, 5.74) is 1.23. The van der Waals surface area contributed by atoms with Crippen molar-refractivity contribution in [3.8, 4) is 86.3 Å².